The van der Waals surface area contributed by atoms with Crippen LogP contribution in [0.1, 0.15) is 36.5 Å². The van der Waals surface area contributed by atoms with Crippen LogP contribution in [0.15, 0.2) is 12.1 Å². The largest absolute Gasteiger partial charge is 0.507 e. The molecule has 1 atom stereocenters. The molecule has 1 aromatic rings. The molecule has 2 rings (SSSR count). The summed E-state index contributed by atoms with van der Waals surface area (Å²) in [5, 5.41) is 13.3. The number of nitrogens with one attached hydrogen (secondary N) is 1. The smallest absolute Gasteiger partial charge is 0.121 e. The van der Waals surface area contributed by atoms with E-state index in [1.807, 2.05) is 13.8 Å². The van der Waals surface area contributed by atoms with Crippen molar-refractivity contribution in [1.82, 2.24) is 10.2 Å². The fraction of sp³-hybridized carbons (Fsp3) is 0.625. The van der Waals surface area contributed by atoms with Crippen molar-refractivity contribution < 1.29 is 5.11 Å². The molecule has 3 nitrogen and oxygen atoms in total. The lowest BCUT2D eigenvalue weighted by Crippen LogP contribution is -2.37. The van der Waals surface area contributed by atoms with Crippen LogP contribution in [0.5, 0.6) is 5.75 Å². The first kappa shape index (κ1) is 14.4. The molecule has 0 radical (unpaired) electrons. The Morgan fingerprint density at radius 3 is 2.63 bits per heavy atom. The molecule has 0 bridgehead atoms. The lowest BCUT2D eigenvalue weighted by Gasteiger charge is -2.23. The quantitative estimate of drug-likeness (QED) is 0.856. The van der Waals surface area contributed by atoms with Crippen LogP contribution < -0.4 is 5.32 Å². The first-order valence-corrected chi connectivity index (χ1v) is 7.35. The van der Waals surface area contributed by atoms with Crippen molar-refractivity contribution in [3.05, 3.63) is 28.8 Å². The normalized spacial score (nSPS) is 20.1. The zero-order valence-corrected chi connectivity index (χ0v) is 12.4. The van der Waals surface area contributed by atoms with Crippen LogP contribution >= 0.6 is 0 Å². The monoisotopic (exact) mass is 262 g/mol. The van der Waals surface area contributed by atoms with Gasteiger partial charge in [-0.15, -0.1) is 0 Å². The van der Waals surface area contributed by atoms with Crippen molar-refractivity contribution in [3.8, 4) is 5.75 Å². The van der Waals surface area contributed by atoms with Gasteiger partial charge in [-0.2, -0.15) is 0 Å². The summed E-state index contributed by atoms with van der Waals surface area (Å²) in [6.07, 6.45) is 2.64. The van der Waals surface area contributed by atoms with Gasteiger partial charge in [0.05, 0.1) is 0 Å². The van der Waals surface area contributed by atoms with Gasteiger partial charge in [-0.25, -0.2) is 0 Å². The molecule has 0 amide bonds. The van der Waals surface area contributed by atoms with E-state index in [1.165, 1.54) is 24.9 Å². The zero-order valence-electron chi connectivity index (χ0n) is 12.4. The van der Waals surface area contributed by atoms with Gasteiger partial charge in [-0.1, -0.05) is 19.1 Å². The van der Waals surface area contributed by atoms with Crippen LogP contribution in [-0.2, 0) is 6.54 Å². The molecule has 3 heteroatoms. The third-order valence-electron chi connectivity index (χ3n) is 4.17. The van der Waals surface area contributed by atoms with E-state index in [4.69, 9.17) is 0 Å². The topological polar surface area (TPSA) is 35.5 Å². The van der Waals surface area contributed by atoms with Gasteiger partial charge < -0.3 is 10.4 Å². The summed E-state index contributed by atoms with van der Waals surface area (Å²) in [4.78, 5) is 2.56. The van der Waals surface area contributed by atoms with E-state index in [0.717, 1.165) is 30.8 Å². The molecule has 106 valence electrons. The van der Waals surface area contributed by atoms with Crippen molar-refractivity contribution >= 4 is 0 Å². The molecule has 0 aromatic heterocycles. The van der Waals surface area contributed by atoms with E-state index in [9.17, 15) is 5.11 Å². The lowest BCUT2D eigenvalue weighted by molar-refractivity contribution is 0.260. The molecule has 1 saturated heterocycles. The van der Waals surface area contributed by atoms with Crippen molar-refractivity contribution in [2.24, 2.45) is 0 Å². The minimum absolute atomic E-state index is 0.428. The van der Waals surface area contributed by atoms with E-state index in [-0.39, 0.29) is 0 Å². The number of aryl methyl sites for hydroxylation is 2. The van der Waals surface area contributed by atoms with Gasteiger partial charge in [0.15, 0.2) is 0 Å². The zero-order chi connectivity index (χ0) is 13.8. The maximum atomic E-state index is 9.77. The maximum absolute atomic E-state index is 9.77. The number of hydrogen-bond donors (Lipinski definition) is 2. The minimum Gasteiger partial charge on any atom is -0.507 e. The highest BCUT2D eigenvalue weighted by atomic mass is 16.3. The van der Waals surface area contributed by atoms with Gasteiger partial charge in [0.25, 0.3) is 0 Å². The Morgan fingerprint density at radius 1 is 1.32 bits per heavy atom. The molecule has 0 spiro atoms. The summed E-state index contributed by atoms with van der Waals surface area (Å²) < 4.78 is 0. The molecule has 1 aliphatic heterocycles. The number of aromatic hydroxyl groups is 1. The highest BCUT2D eigenvalue weighted by Gasteiger charge is 2.22. The Labute approximate surface area is 116 Å². The van der Waals surface area contributed by atoms with Crippen molar-refractivity contribution in [2.45, 2.75) is 46.2 Å². The molecule has 1 unspecified atom stereocenters. The lowest BCUT2D eigenvalue weighted by atomic mass is 10.1. The molecular weight excluding hydrogens is 236 g/mol. The summed E-state index contributed by atoms with van der Waals surface area (Å²) in [5.74, 6) is 0.428. The van der Waals surface area contributed by atoms with Crippen LogP contribution in [0.25, 0.3) is 0 Å². The summed E-state index contributed by atoms with van der Waals surface area (Å²) in [5.41, 5.74) is 3.19. The molecule has 1 heterocycles. The van der Waals surface area contributed by atoms with Gasteiger partial charge in [-0.3, -0.25) is 4.90 Å². The number of likely N-dealkylation sites (N-methyl/N-ethyl adjacent to an activating group) is 1. The van der Waals surface area contributed by atoms with E-state index >= 15 is 0 Å². The minimum atomic E-state index is 0.428. The number of phenols is 1. The first-order chi connectivity index (χ1) is 9.11. The Balaban J connectivity index is 1.86. The van der Waals surface area contributed by atoms with Crippen LogP contribution in [0, 0.1) is 13.8 Å². The van der Waals surface area contributed by atoms with Crippen molar-refractivity contribution in [2.75, 3.05) is 19.6 Å². The first-order valence-electron chi connectivity index (χ1n) is 7.35. The molecule has 0 saturated carbocycles. The van der Waals surface area contributed by atoms with Gasteiger partial charge in [-0.05, 0) is 56.5 Å². The second-order valence-corrected chi connectivity index (χ2v) is 5.63. The van der Waals surface area contributed by atoms with E-state index in [0.29, 0.717) is 11.8 Å². The average molecular weight is 262 g/mol. The molecule has 2 N–H and O–H groups in total. The van der Waals surface area contributed by atoms with Crippen LogP contribution in [0.2, 0.25) is 0 Å². The standard InChI is InChI=1S/C16H26N2O/c1-4-18-7-5-6-15(18)11-17-10-14-8-12(2)16(19)13(3)9-14/h8-9,15,17,19H,4-7,10-11H2,1-3H3. The maximum Gasteiger partial charge on any atom is 0.121 e. The third-order valence-corrected chi connectivity index (χ3v) is 4.17. The highest BCUT2D eigenvalue weighted by Crippen LogP contribution is 2.23. The third kappa shape index (κ3) is 3.48. The number of rotatable bonds is 5. The van der Waals surface area contributed by atoms with Crippen LogP contribution in [-0.4, -0.2) is 35.7 Å². The number of likely N-dealkylation sites (tertiary alicyclic amines) is 1. The number of benzene rings is 1. The number of hydrogen-bond acceptors (Lipinski definition) is 3. The van der Waals surface area contributed by atoms with Gasteiger partial charge in [0.1, 0.15) is 5.75 Å². The molecule has 1 aliphatic rings. The predicted octanol–water partition coefficient (Wildman–Crippen LogP) is 2.58. The van der Waals surface area contributed by atoms with E-state index in [2.05, 4.69) is 29.3 Å². The van der Waals surface area contributed by atoms with Gasteiger partial charge >= 0.3 is 0 Å². The average Bonchev–Trinajstić information content (AvgIpc) is 2.83. The summed E-state index contributed by atoms with van der Waals surface area (Å²) in [7, 11) is 0. The predicted molar refractivity (Wildman–Crippen MR) is 79.6 cm³/mol. The van der Waals surface area contributed by atoms with Crippen LogP contribution in [0.4, 0.5) is 0 Å². The van der Waals surface area contributed by atoms with E-state index in [1.54, 1.807) is 0 Å². The van der Waals surface area contributed by atoms with Crippen molar-refractivity contribution in [3.63, 3.8) is 0 Å². The Kier molecular flexibility index (Phi) is 4.83. The summed E-state index contributed by atoms with van der Waals surface area (Å²) in [6, 6.07) is 4.84. The Bertz CT molecular complexity index is 408. The second-order valence-electron chi connectivity index (χ2n) is 5.63. The number of phenolic OH excluding ortho intramolecular Hbond substituents is 1. The van der Waals surface area contributed by atoms with Crippen LogP contribution in [0.3, 0.4) is 0 Å². The Morgan fingerprint density at radius 2 is 2.00 bits per heavy atom. The Hall–Kier alpha value is -1.06. The summed E-state index contributed by atoms with van der Waals surface area (Å²) >= 11 is 0. The highest BCUT2D eigenvalue weighted by molar-refractivity contribution is 5.42. The number of nitrogens with zero attached hydrogens (tertiary/aromatic N) is 1. The second kappa shape index (κ2) is 6.40. The van der Waals surface area contributed by atoms with E-state index < -0.39 is 0 Å². The molecule has 1 fully saturated rings. The van der Waals surface area contributed by atoms with Crippen molar-refractivity contribution in [1.29, 1.82) is 0 Å². The van der Waals surface area contributed by atoms with Gasteiger partial charge in [0, 0.05) is 19.1 Å². The molecule has 19 heavy (non-hydrogen) atoms. The molecule has 1 aromatic carbocycles. The van der Waals surface area contributed by atoms with Gasteiger partial charge in [0.2, 0.25) is 0 Å². The fourth-order valence-corrected chi connectivity index (χ4v) is 3.07. The molecular formula is C16H26N2O. The molecule has 0 aliphatic carbocycles. The fourth-order valence-electron chi connectivity index (χ4n) is 3.07. The SMILES string of the molecule is CCN1CCCC1CNCc1cc(C)c(O)c(C)c1. The summed E-state index contributed by atoms with van der Waals surface area (Å²) in [6.45, 7) is 10.5.